The molecule has 1 aliphatic heterocycles. The number of halogens is 3. The first kappa shape index (κ1) is 11.3. The van der Waals surface area contributed by atoms with E-state index in [4.69, 9.17) is 11.6 Å². The molecule has 0 aliphatic carbocycles. The smallest absolute Gasteiger partial charge is 0.258 e. The van der Waals surface area contributed by atoms with Crippen LogP contribution in [0.2, 0.25) is 0 Å². The summed E-state index contributed by atoms with van der Waals surface area (Å²) < 4.78 is 24.8. The molecule has 0 fully saturated rings. The van der Waals surface area contributed by atoms with E-state index in [2.05, 4.69) is 0 Å². The molecule has 0 spiro atoms. The maximum Gasteiger partial charge on any atom is 0.258 e. The normalized spacial score (nSPS) is 16.8. The third kappa shape index (κ3) is 1.78. The molecule has 1 atom stereocenters. The Balaban J connectivity index is 2.35. The van der Waals surface area contributed by atoms with E-state index >= 15 is 0 Å². The second-order valence-corrected chi connectivity index (χ2v) is 4.22. The SMILES string of the molecule is CN1C(=O)Cc2cc(C(Cl)C(F)F)ccc21. The fourth-order valence-corrected chi connectivity index (χ4v) is 1.94. The molecule has 5 heteroatoms. The Morgan fingerprint density at radius 1 is 1.44 bits per heavy atom. The van der Waals surface area contributed by atoms with Gasteiger partial charge in [0.15, 0.2) is 0 Å². The van der Waals surface area contributed by atoms with E-state index in [1.165, 1.54) is 11.0 Å². The van der Waals surface area contributed by atoms with Crippen molar-refractivity contribution in [1.82, 2.24) is 0 Å². The van der Waals surface area contributed by atoms with Crippen LogP contribution in [-0.4, -0.2) is 19.4 Å². The van der Waals surface area contributed by atoms with Crippen LogP contribution in [-0.2, 0) is 11.2 Å². The Morgan fingerprint density at radius 2 is 2.12 bits per heavy atom. The number of carbonyl (C=O) groups is 1. The highest BCUT2D eigenvalue weighted by atomic mass is 35.5. The van der Waals surface area contributed by atoms with Gasteiger partial charge >= 0.3 is 0 Å². The summed E-state index contributed by atoms with van der Waals surface area (Å²) in [5, 5.41) is -1.31. The van der Waals surface area contributed by atoms with Crippen LogP contribution in [0.5, 0.6) is 0 Å². The van der Waals surface area contributed by atoms with Crippen molar-refractivity contribution in [2.75, 3.05) is 11.9 Å². The van der Waals surface area contributed by atoms with Crippen LogP contribution in [0.4, 0.5) is 14.5 Å². The average molecular weight is 246 g/mol. The molecular weight excluding hydrogens is 236 g/mol. The Hall–Kier alpha value is -1.16. The van der Waals surface area contributed by atoms with Crippen molar-refractivity contribution in [2.45, 2.75) is 18.2 Å². The largest absolute Gasteiger partial charge is 0.315 e. The molecule has 1 amide bonds. The molecule has 1 heterocycles. The molecule has 1 aliphatic rings. The van der Waals surface area contributed by atoms with Crippen molar-refractivity contribution in [3.05, 3.63) is 29.3 Å². The lowest BCUT2D eigenvalue weighted by atomic mass is 10.1. The fourth-order valence-electron chi connectivity index (χ4n) is 1.81. The van der Waals surface area contributed by atoms with E-state index < -0.39 is 11.8 Å². The van der Waals surface area contributed by atoms with Gasteiger partial charge in [0, 0.05) is 12.7 Å². The van der Waals surface area contributed by atoms with Gasteiger partial charge in [-0.15, -0.1) is 11.6 Å². The molecule has 1 aromatic carbocycles. The maximum atomic E-state index is 12.4. The lowest BCUT2D eigenvalue weighted by molar-refractivity contribution is -0.117. The monoisotopic (exact) mass is 245 g/mol. The standard InChI is InChI=1S/C11H10ClF2NO/c1-15-8-3-2-6(10(12)11(13)14)4-7(8)5-9(15)16/h2-4,10-11H,5H2,1H3. The summed E-state index contributed by atoms with van der Waals surface area (Å²) in [6.45, 7) is 0. The van der Waals surface area contributed by atoms with E-state index in [-0.39, 0.29) is 12.3 Å². The van der Waals surface area contributed by atoms with Crippen molar-refractivity contribution < 1.29 is 13.6 Å². The van der Waals surface area contributed by atoms with Crippen molar-refractivity contribution in [3.63, 3.8) is 0 Å². The van der Waals surface area contributed by atoms with E-state index in [0.29, 0.717) is 5.56 Å². The topological polar surface area (TPSA) is 20.3 Å². The zero-order valence-corrected chi connectivity index (χ0v) is 9.34. The minimum Gasteiger partial charge on any atom is -0.315 e. The molecule has 2 rings (SSSR count). The number of rotatable bonds is 2. The van der Waals surface area contributed by atoms with Crippen LogP contribution < -0.4 is 4.90 Å². The van der Waals surface area contributed by atoms with Gasteiger partial charge < -0.3 is 4.90 Å². The Morgan fingerprint density at radius 3 is 2.75 bits per heavy atom. The summed E-state index contributed by atoms with van der Waals surface area (Å²) in [7, 11) is 1.67. The first-order valence-corrected chi connectivity index (χ1v) is 5.26. The third-order valence-electron chi connectivity index (χ3n) is 2.72. The molecule has 1 aromatic rings. The number of alkyl halides is 3. The third-order valence-corrected chi connectivity index (χ3v) is 3.16. The molecule has 0 saturated heterocycles. The molecule has 0 radical (unpaired) electrons. The van der Waals surface area contributed by atoms with Crippen molar-refractivity contribution in [2.24, 2.45) is 0 Å². The van der Waals surface area contributed by atoms with E-state index in [9.17, 15) is 13.6 Å². The lowest BCUT2D eigenvalue weighted by Crippen LogP contribution is -2.20. The maximum absolute atomic E-state index is 12.4. The molecule has 0 saturated carbocycles. The van der Waals surface area contributed by atoms with Gasteiger partial charge in [-0.3, -0.25) is 4.79 Å². The highest BCUT2D eigenvalue weighted by Gasteiger charge is 2.26. The van der Waals surface area contributed by atoms with Gasteiger partial charge in [0.1, 0.15) is 5.38 Å². The van der Waals surface area contributed by atoms with Gasteiger partial charge in [0.05, 0.1) is 6.42 Å². The number of amides is 1. The quantitative estimate of drug-likeness (QED) is 0.734. The second kappa shape index (κ2) is 4.01. The molecule has 0 aromatic heterocycles. The summed E-state index contributed by atoms with van der Waals surface area (Å²) in [5.74, 6) is -0.0321. The zero-order chi connectivity index (χ0) is 11.9. The van der Waals surface area contributed by atoms with Gasteiger partial charge in [0.25, 0.3) is 6.43 Å². The van der Waals surface area contributed by atoms with E-state index in [1.807, 2.05) is 0 Å². The molecule has 86 valence electrons. The first-order valence-electron chi connectivity index (χ1n) is 4.82. The second-order valence-electron chi connectivity index (χ2n) is 3.75. The van der Waals surface area contributed by atoms with Gasteiger partial charge in [-0.25, -0.2) is 8.78 Å². The molecule has 1 unspecified atom stereocenters. The van der Waals surface area contributed by atoms with Gasteiger partial charge in [-0.1, -0.05) is 12.1 Å². The summed E-state index contributed by atoms with van der Waals surface area (Å²) >= 11 is 5.57. The molecule has 16 heavy (non-hydrogen) atoms. The number of fused-ring (bicyclic) bond motifs is 1. The highest BCUT2D eigenvalue weighted by Crippen LogP contribution is 2.34. The Kier molecular flexibility index (Phi) is 2.84. The first-order chi connectivity index (χ1) is 7.50. The van der Waals surface area contributed by atoms with Crippen LogP contribution in [0.1, 0.15) is 16.5 Å². The van der Waals surface area contributed by atoms with Gasteiger partial charge in [-0.05, 0) is 17.2 Å². The molecule has 0 N–H and O–H groups in total. The van der Waals surface area contributed by atoms with Crippen molar-refractivity contribution >= 4 is 23.2 Å². The molecule has 2 nitrogen and oxygen atoms in total. The lowest BCUT2D eigenvalue weighted by Gasteiger charge is -2.12. The molecular formula is C11H10ClF2NO. The number of benzene rings is 1. The van der Waals surface area contributed by atoms with E-state index in [1.54, 1.807) is 19.2 Å². The van der Waals surface area contributed by atoms with Gasteiger partial charge in [-0.2, -0.15) is 0 Å². The predicted octanol–water partition coefficient (Wildman–Crippen LogP) is 2.75. The minimum atomic E-state index is -2.60. The van der Waals surface area contributed by atoms with Crippen molar-refractivity contribution in [1.29, 1.82) is 0 Å². The molecule has 0 bridgehead atoms. The van der Waals surface area contributed by atoms with E-state index in [0.717, 1.165) is 11.3 Å². The summed E-state index contributed by atoms with van der Waals surface area (Å²) in [5.41, 5.74) is 1.89. The minimum absolute atomic E-state index is 0.0321. The van der Waals surface area contributed by atoms with Crippen LogP contribution in [0.3, 0.4) is 0 Å². The highest BCUT2D eigenvalue weighted by molar-refractivity contribution is 6.21. The van der Waals surface area contributed by atoms with Gasteiger partial charge in [0.2, 0.25) is 5.91 Å². The zero-order valence-electron chi connectivity index (χ0n) is 8.58. The summed E-state index contributed by atoms with van der Waals surface area (Å²) in [6.07, 6.45) is -2.35. The fraction of sp³-hybridized carbons (Fsp3) is 0.364. The number of nitrogens with zero attached hydrogens (tertiary/aromatic N) is 1. The number of likely N-dealkylation sites (N-methyl/N-ethyl adjacent to an activating group) is 1. The Labute approximate surface area is 96.8 Å². The predicted molar refractivity (Wildman–Crippen MR) is 58.2 cm³/mol. The summed E-state index contributed by atoms with van der Waals surface area (Å²) in [6, 6.07) is 4.78. The van der Waals surface area contributed by atoms with Crippen LogP contribution in [0.15, 0.2) is 18.2 Å². The van der Waals surface area contributed by atoms with Crippen LogP contribution in [0.25, 0.3) is 0 Å². The Bertz CT molecular complexity index is 436. The number of anilines is 1. The number of hydrogen-bond donors (Lipinski definition) is 0. The summed E-state index contributed by atoms with van der Waals surface area (Å²) in [4.78, 5) is 12.9. The van der Waals surface area contributed by atoms with Crippen molar-refractivity contribution in [3.8, 4) is 0 Å². The number of hydrogen-bond acceptors (Lipinski definition) is 1. The average Bonchev–Trinajstić information content (AvgIpc) is 2.53. The number of carbonyl (C=O) groups excluding carboxylic acids is 1. The van der Waals surface area contributed by atoms with Crippen LogP contribution >= 0.6 is 11.6 Å². The van der Waals surface area contributed by atoms with Crippen LogP contribution in [0, 0.1) is 0 Å².